The number of rotatable bonds is 5. The molecule has 6 nitrogen and oxygen atoms in total. The van der Waals surface area contributed by atoms with Crippen molar-refractivity contribution in [1.82, 2.24) is 15.8 Å². The maximum absolute atomic E-state index is 5.89. The summed E-state index contributed by atoms with van der Waals surface area (Å²) in [5.41, 5.74) is 2.13. The number of hydrogen-bond donors (Lipinski definition) is 2. The highest BCUT2D eigenvalue weighted by Gasteiger charge is 2.41. The van der Waals surface area contributed by atoms with Crippen molar-refractivity contribution >= 4 is 5.96 Å². The second-order valence-electron chi connectivity index (χ2n) is 6.17. The first-order valence-electron chi connectivity index (χ1n) is 8.29. The van der Waals surface area contributed by atoms with Gasteiger partial charge in [-0.05, 0) is 46.5 Å². The Morgan fingerprint density at radius 1 is 1.36 bits per heavy atom. The van der Waals surface area contributed by atoms with Crippen LogP contribution in [0.2, 0.25) is 0 Å². The van der Waals surface area contributed by atoms with Gasteiger partial charge in [0.2, 0.25) is 0 Å². The molecule has 2 fully saturated rings. The predicted octanol–water partition coefficient (Wildman–Crippen LogP) is 1.71. The molecule has 0 radical (unpaired) electrons. The van der Waals surface area contributed by atoms with Crippen LogP contribution in [-0.4, -0.2) is 42.5 Å². The number of hydrogen-bond acceptors (Lipinski definition) is 4. The number of aryl methyl sites for hydroxylation is 2. The molecular weight excluding hydrogens is 280 g/mol. The van der Waals surface area contributed by atoms with Gasteiger partial charge in [-0.2, -0.15) is 0 Å². The van der Waals surface area contributed by atoms with E-state index >= 15 is 0 Å². The molecule has 6 heteroatoms. The highest BCUT2D eigenvalue weighted by molar-refractivity contribution is 5.80. The van der Waals surface area contributed by atoms with Crippen molar-refractivity contribution in [3.8, 4) is 0 Å². The van der Waals surface area contributed by atoms with Crippen LogP contribution in [0, 0.1) is 13.8 Å². The Labute approximate surface area is 131 Å². The molecule has 2 saturated heterocycles. The molecule has 3 rings (SSSR count). The first-order chi connectivity index (χ1) is 10.7. The van der Waals surface area contributed by atoms with E-state index in [0.717, 1.165) is 43.3 Å². The third-order valence-electron chi connectivity index (χ3n) is 4.59. The molecule has 2 N–H and O–H groups in total. The minimum Gasteiger partial charge on any atom is -0.373 e. The highest BCUT2D eigenvalue weighted by atomic mass is 16.5. The van der Waals surface area contributed by atoms with Crippen LogP contribution in [0.25, 0.3) is 0 Å². The van der Waals surface area contributed by atoms with E-state index in [1.165, 1.54) is 18.4 Å². The van der Waals surface area contributed by atoms with Gasteiger partial charge in [-0.3, -0.25) is 4.99 Å². The van der Waals surface area contributed by atoms with Gasteiger partial charge in [0.15, 0.2) is 5.96 Å². The fourth-order valence-electron chi connectivity index (χ4n) is 3.42. The number of aromatic nitrogens is 1. The first kappa shape index (κ1) is 15.3. The number of guanidine groups is 1. The quantitative estimate of drug-likeness (QED) is 0.640. The smallest absolute Gasteiger partial charge is 0.191 e. The Bertz CT molecular complexity index is 521. The molecule has 2 aliphatic heterocycles. The minimum absolute atomic E-state index is 0.358. The van der Waals surface area contributed by atoms with Gasteiger partial charge in [0.1, 0.15) is 5.76 Å². The molecule has 0 amide bonds. The molecule has 3 heterocycles. The lowest BCUT2D eigenvalue weighted by Crippen LogP contribution is -2.47. The maximum atomic E-state index is 5.89. The lowest BCUT2D eigenvalue weighted by molar-refractivity contribution is 0.0992. The summed E-state index contributed by atoms with van der Waals surface area (Å²) in [5, 5.41) is 10.8. The molecule has 3 unspecified atom stereocenters. The van der Waals surface area contributed by atoms with E-state index in [1.807, 2.05) is 13.8 Å². The van der Waals surface area contributed by atoms with Crippen molar-refractivity contribution in [2.75, 3.05) is 13.1 Å². The molecule has 2 aliphatic rings. The van der Waals surface area contributed by atoms with Crippen LogP contribution in [0.4, 0.5) is 0 Å². The summed E-state index contributed by atoms with van der Waals surface area (Å²) in [6.45, 7) is 7.60. The van der Waals surface area contributed by atoms with E-state index in [4.69, 9.17) is 9.26 Å². The van der Waals surface area contributed by atoms with E-state index in [9.17, 15) is 0 Å². The van der Waals surface area contributed by atoms with E-state index in [2.05, 4.69) is 27.7 Å². The summed E-state index contributed by atoms with van der Waals surface area (Å²) in [4.78, 5) is 4.69. The number of ether oxygens (including phenoxy) is 1. The van der Waals surface area contributed by atoms with Gasteiger partial charge >= 0.3 is 0 Å². The largest absolute Gasteiger partial charge is 0.373 e. The van der Waals surface area contributed by atoms with Crippen molar-refractivity contribution in [2.45, 2.75) is 64.7 Å². The zero-order chi connectivity index (χ0) is 15.5. The van der Waals surface area contributed by atoms with Crippen molar-refractivity contribution in [2.24, 2.45) is 4.99 Å². The third kappa shape index (κ3) is 3.27. The second kappa shape index (κ2) is 6.69. The molecule has 2 bridgehead atoms. The lowest BCUT2D eigenvalue weighted by Gasteiger charge is -2.22. The highest BCUT2D eigenvalue weighted by Crippen LogP contribution is 2.34. The van der Waals surface area contributed by atoms with Crippen molar-refractivity contribution in [1.29, 1.82) is 0 Å². The Morgan fingerprint density at radius 3 is 2.82 bits per heavy atom. The van der Waals surface area contributed by atoms with E-state index in [1.54, 1.807) is 0 Å². The lowest BCUT2D eigenvalue weighted by atomic mass is 9.96. The van der Waals surface area contributed by atoms with Crippen LogP contribution in [-0.2, 0) is 11.2 Å². The monoisotopic (exact) mass is 306 g/mol. The molecular formula is C16H26N4O2. The summed E-state index contributed by atoms with van der Waals surface area (Å²) in [6, 6.07) is 0.399. The van der Waals surface area contributed by atoms with Crippen LogP contribution >= 0.6 is 0 Å². The second-order valence-corrected chi connectivity index (χ2v) is 6.17. The Morgan fingerprint density at radius 2 is 2.23 bits per heavy atom. The normalized spacial score (nSPS) is 27.4. The van der Waals surface area contributed by atoms with Crippen molar-refractivity contribution in [3.05, 3.63) is 17.0 Å². The fraction of sp³-hybridized carbons (Fsp3) is 0.750. The number of aliphatic imine (C=N–C) groups is 1. The average Bonchev–Trinajstić information content (AvgIpc) is 3.18. The molecule has 122 valence electrons. The number of nitrogens with zero attached hydrogens (tertiary/aromatic N) is 2. The van der Waals surface area contributed by atoms with Crippen LogP contribution in [0.3, 0.4) is 0 Å². The molecule has 0 aliphatic carbocycles. The molecule has 3 atom stereocenters. The molecule has 22 heavy (non-hydrogen) atoms. The maximum Gasteiger partial charge on any atom is 0.191 e. The minimum atomic E-state index is 0.358. The molecule has 0 spiro atoms. The van der Waals surface area contributed by atoms with Crippen molar-refractivity contribution < 1.29 is 9.26 Å². The predicted molar refractivity (Wildman–Crippen MR) is 85.1 cm³/mol. The summed E-state index contributed by atoms with van der Waals surface area (Å²) in [7, 11) is 0. The van der Waals surface area contributed by atoms with Gasteiger partial charge in [-0.15, -0.1) is 0 Å². The molecule has 1 aromatic rings. The topological polar surface area (TPSA) is 71.7 Å². The van der Waals surface area contributed by atoms with Gasteiger partial charge in [-0.25, -0.2) is 0 Å². The Balaban J connectivity index is 1.56. The third-order valence-corrected chi connectivity index (χ3v) is 4.59. The number of nitrogens with one attached hydrogen (secondary N) is 2. The van der Waals surface area contributed by atoms with Crippen molar-refractivity contribution in [3.63, 3.8) is 0 Å². The molecule has 0 aromatic carbocycles. The summed E-state index contributed by atoms with van der Waals surface area (Å²) in [5.74, 6) is 1.78. The molecule has 0 saturated carbocycles. The van der Waals surface area contributed by atoms with E-state index in [0.29, 0.717) is 18.2 Å². The first-order valence-corrected chi connectivity index (χ1v) is 8.29. The van der Waals surface area contributed by atoms with Crippen LogP contribution in [0.15, 0.2) is 9.52 Å². The van der Waals surface area contributed by atoms with Gasteiger partial charge in [-0.1, -0.05) is 5.16 Å². The van der Waals surface area contributed by atoms with Crippen LogP contribution in [0.1, 0.15) is 43.2 Å². The zero-order valence-corrected chi connectivity index (χ0v) is 13.7. The van der Waals surface area contributed by atoms with E-state index in [-0.39, 0.29) is 0 Å². The SMILES string of the molecule is CCNC(=NCCc1c(C)noc1C)NC1CC2CCC1O2. The Hall–Kier alpha value is -1.56. The molecule has 1 aromatic heterocycles. The van der Waals surface area contributed by atoms with Crippen LogP contribution < -0.4 is 10.6 Å². The van der Waals surface area contributed by atoms with Gasteiger partial charge in [0.05, 0.1) is 23.9 Å². The summed E-state index contributed by atoms with van der Waals surface area (Å²) < 4.78 is 11.1. The van der Waals surface area contributed by atoms with Crippen LogP contribution in [0.5, 0.6) is 0 Å². The van der Waals surface area contributed by atoms with Gasteiger partial charge in [0, 0.05) is 18.7 Å². The Kier molecular flexibility index (Phi) is 4.66. The summed E-state index contributed by atoms with van der Waals surface area (Å²) >= 11 is 0. The fourth-order valence-corrected chi connectivity index (χ4v) is 3.42. The standard InChI is InChI=1S/C16H26N4O2/c1-4-17-16(19-14-9-12-5-6-15(14)21-12)18-8-7-13-10(2)20-22-11(13)3/h12,14-15H,4-9H2,1-3H3,(H2,17,18,19). The van der Waals surface area contributed by atoms with E-state index < -0.39 is 0 Å². The zero-order valence-electron chi connectivity index (χ0n) is 13.7. The number of fused-ring (bicyclic) bond motifs is 2. The van der Waals surface area contributed by atoms with Gasteiger partial charge in [0.25, 0.3) is 0 Å². The average molecular weight is 306 g/mol. The van der Waals surface area contributed by atoms with Gasteiger partial charge < -0.3 is 19.9 Å². The summed E-state index contributed by atoms with van der Waals surface area (Å²) in [6.07, 6.45) is 5.14.